The summed E-state index contributed by atoms with van der Waals surface area (Å²) in [4.78, 5) is 26.9. The minimum absolute atomic E-state index is 0.165. The highest BCUT2D eigenvalue weighted by Gasteiger charge is 2.24. The molecule has 1 saturated heterocycles. The van der Waals surface area contributed by atoms with Crippen molar-refractivity contribution in [1.29, 1.82) is 0 Å². The predicted octanol–water partition coefficient (Wildman–Crippen LogP) is 3.99. The topological polar surface area (TPSA) is 97.1 Å². The lowest BCUT2D eigenvalue weighted by Crippen LogP contribution is -2.52. The van der Waals surface area contributed by atoms with E-state index in [1.807, 2.05) is 31.3 Å². The number of halogens is 1. The van der Waals surface area contributed by atoms with Crippen molar-refractivity contribution in [3.05, 3.63) is 54.0 Å². The fourth-order valence-electron chi connectivity index (χ4n) is 5.17. The second-order valence-corrected chi connectivity index (χ2v) is 11.1. The number of nitrogens with one attached hydrogen (secondary N) is 1. The van der Waals surface area contributed by atoms with E-state index in [1.54, 1.807) is 13.3 Å². The lowest BCUT2D eigenvalue weighted by Gasteiger charge is -2.39. The minimum Gasteiger partial charge on any atom is -0.383 e. The van der Waals surface area contributed by atoms with Gasteiger partial charge in [0, 0.05) is 62.8 Å². The summed E-state index contributed by atoms with van der Waals surface area (Å²) in [6, 6.07) is 6.20. The highest BCUT2D eigenvalue weighted by Crippen LogP contribution is 2.29. The van der Waals surface area contributed by atoms with Gasteiger partial charge in [0.1, 0.15) is 17.3 Å². The van der Waals surface area contributed by atoms with Crippen LogP contribution in [0, 0.1) is 12.7 Å². The maximum atomic E-state index is 14.9. The molecule has 206 valence electrons. The van der Waals surface area contributed by atoms with Crippen LogP contribution in [0.5, 0.6) is 0 Å². The average molecular weight is 534 g/mol. The Morgan fingerprint density at radius 1 is 1.08 bits per heavy atom. The zero-order valence-electron chi connectivity index (χ0n) is 23.4. The number of rotatable bonds is 7. The summed E-state index contributed by atoms with van der Waals surface area (Å²) >= 11 is 0. The number of fused-ring (bicyclic) bond motifs is 1. The van der Waals surface area contributed by atoms with E-state index in [-0.39, 0.29) is 17.2 Å². The lowest BCUT2D eigenvalue weighted by atomic mass is 10.1. The quantitative estimate of drug-likeness (QED) is 0.378. The number of pyridine rings is 2. The van der Waals surface area contributed by atoms with E-state index in [0.29, 0.717) is 23.1 Å². The number of imidazole rings is 1. The van der Waals surface area contributed by atoms with E-state index in [2.05, 4.69) is 72.4 Å². The zero-order chi connectivity index (χ0) is 27.7. The number of likely N-dealkylation sites (N-methyl/N-ethyl adjacent to an activating group) is 1. The lowest BCUT2D eigenvalue weighted by molar-refractivity contribution is 0.0374. The van der Waals surface area contributed by atoms with Crippen LogP contribution >= 0.6 is 0 Å². The summed E-state index contributed by atoms with van der Waals surface area (Å²) in [6.07, 6.45) is 4.61. The van der Waals surface area contributed by atoms with Crippen LogP contribution in [-0.2, 0) is 16.8 Å². The van der Waals surface area contributed by atoms with Crippen LogP contribution in [0.3, 0.4) is 0 Å². The second-order valence-electron chi connectivity index (χ2n) is 11.1. The predicted molar refractivity (Wildman–Crippen MR) is 149 cm³/mol. The molecule has 0 radical (unpaired) electrons. The first-order chi connectivity index (χ1) is 18.6. The summed E-state index contributed by atoms with van der Waals surface area (Å²) in [5.41, 5.74) is 3.08. The Hall–Kier alpha value is -3.54. The molecule has 1 atom stereocenters. The Morgan fingerprint density at radius 2 is 1.90 bits per heavy atom. The van der Waals surface area contributed by atoms with E-state index >= 15 is 0 Å². The third kappa shape index (κ3) is 5.90. The van der Waals surface area contributed by atoms with Gasteiger partial charge in [-0.2, -0.15) is 0 Å². The molecule has 10 nitrogen and oxygen atoms in total. The van der Waals surface area contributed by atoms with Crippen LogP contribution in [0.2, 0.25) is 0 Å². The van der Waals surface area contributed by atoms with E-state index in [4.69, 9.17) is 4.74 Å². The molecule has 1 aliphatic rings. The molecule has 39 heavy (non-hydrogen) atoms. The van der Waals surface area contributed by atoms with Crippen molar-refractivity contribution >= 4 is 22.9 Å². The van der Waals surface area contributed by atoms with Gasteiger partial charge in [0.05, 0.1) is 18.3 Å². The molecule has 0 aliphatic carbocycles. The molecule has 5 heterocycles. The Kier molecular flexibility index (Phi) is 7.57. The van der Waals surface area contributed by atoms with Gasteiger partial charge in [-0.15, -0.1) is 0 Å². The summed E-state index contributed by atoms with van der Waals surface area (Å²) < 4.78 is 22.3. The second kappa shape index (κ2) is 10.9. The van der Waals surface area contributed by atoms with E-state index in [1.165, 1.54) is 6.20 Å². The van der Waals surface area contributed by atoms with Gasteiger partial charge < -0.3 is 14.6 Å². The van der Waals surface area contributed by atoms with Crippen molar-refractivity contribution in [3.8, 4) is 11.3 Å². The van der Waals surface area contributed by atoms with Crippen LogP contribution in [-0.4, -0.2) is 85.7 Å². The van der Waals surface area contributed by atoms with Crippen molar-refractivity contribution in [2.75, 3.05) is 45.7 Å². The van der Waals surface area contributed by atoms with Crippen LogP contribution in [0.1, 0.15) is 32.2 Å². The maximum Gasteiger partial charge on any atom is 0.229 e. The molecule has 1 fully saturated rings. The highest BCUT2D eigenvalue weighted by atomic mass is 19.1. The number of piperazine rings is 1. The molecule has 4 aromatic heterocycles. The summed E-state index contributed by atoms with van der Waals surface area (Å²) in [7, 11) is 3.89. The van der Waals surface area contributed by atoms with Gasteiger partial charge >= 0.3 is 0 Å². The molecule has 1 unspecified atom stereocenters. The first kappa shape index (κ1) is 27.0. The van der Waals surface area contributed by atoms with Gasteiger partial charge in [-0.1, -0.05) is 6.07 Å². The molecule has 0 amide bonds. The third-order valence-corrected chi connectivity index (χ3v) is 7.06. The average Bonchev–Trinajstić information content (AvgIpc) is 3.24. The van der Waals surface area contributed by atoms with E-state index < -0.39 is 5.82 Å². The molecule has 0 bridgehead atoms. The number of hydrogen-bond donors (Lipinski definition) is 1. The summed E-state index contributed by atoms with van der Waals surface area (Å²) in [5.74, 6) is 1.17. The SMILES string of the molecule is COCC1CN(Cc2ccc(Nc3ncc(F)c(-c4cnc5nc(C)n(C(C)(C)C)c5c4)n3)nc2)CCN1C. The summed E-state index contributed by atoms with van der Waals surface area (Å²) in [5, 5.41) is 3.10. The Balaban J connectivity index is 1.32. The number of aryl methyl sites for hydroxylation is 1. The third-order valence-electron chi connectivity index (χ3n) is 7.06. The van der Waals surface area contributed by atoms with Crippen LogP contribution in [0.4, 0.5) is 16.2 Å². The van der Waals surface area contributed by atoms with Gasteiger partial charge in [0.25, 0.3) is 0 Å². The van der Waals surface area contributed by atoms with Crippen LogP contribution in [0.15, 0.2) is 36.8 Å². The van der Waals surface area contributed by atoms with E-state index in [0.717, 1.165) is 49.7 Å². The van der Waals surface area contributed by atoms with Gasteiger partial charge in [-0.25, -0.2) is 29.3 Å². The molecule has 0 spiro atoms. The van der Waals surface area contributed by atoms with E-state index in [9.17, 15) is 4.39 Å². The Bertz CT molecular complexity index is 1450. The molecular formula is C28H36FN9O. The fraction of sp³-hybridized carbons (Fsp3) is 0.464. The number of nitrogens with zero attached hydrogens (tertiary/aromatic N) is 8. The van der Waals surface area contributed by atoms with Crippen molar-refractivity contribution in [3.63, 3.8) is 0 Å². The minimum atomic E-state index is -0.525. The molecule has 0 saturated carbocycles. The van der Waals surface area contributed by atoms with Crippen molar-refractivity contribution in [1.82, 2.24) is 39.3 Å². The fourth-order valence-corrected chi connectivity index (χ4v) is 5.17. The number of aromatic nitrogens is 6. The molecular weight excluding hydrogens is 497 g/mol. The van der Waals surface area contributed by atoms with Crippen molar-refractivity contribution < 1.29 is 9.13 Å². The first-order valence-corrected chi connectivity index (χ1v) is 13.1. The van der Waals surface area contributed by atoms with Crippen molar-refractivity contribution in [2.24, 2.45) is 0 Å². The smallest absolute Gasteiger partial charge is 0.229 e. The zero-order valence-corrected chi connectivity index (χ0v) is 23.4. The highest BCUT2D eigenvalue weighted by molar-refractivity contribution is 5.78. The number of hydrogen-bond acceptors (Lipinski definition) is 9. The molecule has 1 N–H and O–H groups in total. The maximum absolute atomic E-state index is 14.9. The monoisotopic (exact) mass is 533 g/mol. The molecule has 0 aromatic carbocycles. The van der Waals surface area contributed by atoms with Gasteiger partial charge in [-0.3, -0.25) is 9.80 Å². The van der Waals surface area contributed by atoms with Gasteiger partial charge in [0.15, 0.2) is 11.5 Å². The number of ether oxygens (including phenoxy) is 1. The van der Waals surface area contributed by atoms with Crippen molar-refractivity contribution in [2.45, 2.75) is 45.8 Å². The molecule has 4 aromatic rings. The van der Waals surface area contributed by atoms with Gasteiger partial charge in [-0.05, 0) is 52.4 Å². The Labute approximate surface area is 228 Å². The molecule has 5 rings (SSSR count). The normalized spacial score (nSPS) is 17.2. The van der Waals surface area contributed by atoms with Crippen LogP contribution < -0.4 is 5.32 Å². The molecule has 1 aliphatic heterocycles. The first-order valence-electron chi connectivity index (χ1n) is 13.1. The summed E-state index contributed by atoms with van der Waals surface area (Å²) in [6.45, 7) is 12.7. The van der Waals surface area contributed by atoms with Crippen LogP contribution in [0.25, 0.3) is 22.4 Å². The largest absolute Gasteiger partial charge is 0.383 e. The standard InChI is InChI=1S/C28H36FN9O/c1-18-33-26-23(38(18)28(2,3)4)11-20(13-31-26)25-22(29)14-32-27(35-25)34-24-8-7-19(12-30-24)15-37-10-9-36(5)21(16-37)17-39-6/h7-8,11-14,21H,9-10,15-17H2,1-6H3,(H,30,32,34,35). The number of methoxy groups -OCH3 is 1. The molecule has 11 heteroatoms. The van der Waals surface area contributed by atoms with Gasteiger partial charge in [0.2, 0.25) is 5.95 Å². The number of anilines is 2. The Morgan fingerprint density at radius 3 is 2.62 bits per heavy atom.